The summed E-state index contributed by atoms with van der Waals surface area (Å²) in [5.74, 6) is 0.692. The second kappa shape index (κ2) is 12.0. The van der Waals surface area contributed by atoms with Crippen LogP contribution < -0.4 is 4.90 Å². The van der Waals surface area contributed by atoms with Gasteiger partial charge in [-0.25, -0.2) is 9.97 Å². The smallest absolute Gasteiger partial charge is 0.162 e. The van der Waals surface area contributed by atoms with Gasteiger partial charge < -0.3 is 4.90 Å². The first-order chi connectivity index (χ1) is 24.6. The lowest BCUT2D eigenvalue weighted by atomic mass is 9.82. The molecular formula is C47H35N3. The predicted molar refractivity (Wildman–Crippen MR) is 208 cm³/mol. The summed E-state index contributed by atoms with van der Waals surface area (Å²) >= 11 is 0. The molecule has 1 heterocycles. The molecule has 50 heavy (non-hydrogen) atoms. The second-order valence-corrected chi connectivity index (χ2v) is 13.4. The van der Waals surface area contributed by atoms with E-state index >= 15 is 0 Å². The summed E-state index contributed by atoms with van der Waals surface area (Å²) in [6, 6.07) is 62.4. The molecule has 0 radical (unpaired) electrons. The third kappa shape index (κ3) is 4.90. The van der Waals surface area contributed by atoms with Crippen molar-refractivity contribution in [3.8, 4) is 44.9 Å². The van der Waals surface area contributed by atoms with Gasteiger partial charge in [-0.15, -0.1) is 0 Å². The Hall–Kier alpha value is -6.32. The number of benzene rings is 7. The molecule has 3 heteroatoms. The summed E-state index contributed by atoms with van der Waals surface area (Å²) < 4.78 is 0. The molecule has 1 aliphatic carbocycles. The lowest BCUT2D eigenvalue weighted by molar-refractivity contribution is 0.660. The minimum Gasteiger partial charge on any atom is -0.309 e. The molecule has 0 fully saturated rings. The Morgan fingerprint density at radius 2 is 1.02 bits per heavy atom. The van der Waals surface area contributed by atoms with Crippen molar-refractivity contribution in [2.45, 2.75) is 19.3 Å². The van der Waals surface area contributed by atoms with Crippen LogP contribution in [-0.4, -0.2) is 9.97 Å². The SMILES string of the molecule is CC1(C)c2ccccc2-c2c(N(c3ccc(-c4ccccc4)cc3)c3ccccc3-c3nc(-c4ccccc4)c4ccccc4n3)cccc21. The van der Waals surface area contributed by atoms with E-state index in [0.29, 0.717) is 5.82 Å². The molecule has 1 aliphatic rings. The van der Waals surface area contributed by atoms with Crippen molar-refractivity contribution in [3.63, 3.8) is 0 Å². The van der Waals surface area contributed by atoms with Gasteiger partial charge in [0.05, 0.1) is 22.6 Å². The number of para-hydroxylation sites is 2. The highest BCUT2D eigenvalue weighted by molar-refractivity contribution is 5.99. The van der Waals surface area contributed by atoms with E-state index in [1.165, 1.54) is 33.4 Å². The van der Waals surface area contributed by atoms with Crippen LogP contribution in [0, 0.1) is 0 Å². The van der Waals surface area contributed by atoms with E-state index in [2.05, 4.69) is 183 Å². The van der Waals surface area contributed by atoms with Gasteiger partial charge in [0.1, 0.15) is 0 Å². The summed E-state index contributed by atoms with van der Waals surface area (Å²) in [6.45, 7) is 4.67. The molecule has 0 spiro atoms. The van der Waals surface area contributed by atoms with Gasteiger partial charge in [0.25, 0.3) is 0 Å². The molecule has 0 atom stereocenters. The van der Waals surface area contributed by atoms with Crippen molar-refractivity contribution >= 4 is 28.0 Å². The molecule has 0 N–H and O–H groups in total. The number of anilines is 3. The number of fused-ring (bicyclic) bond motifs is 4. The Kier molecular flexibility index (Phi) is 7.14. The topological polar surface area (TPSA) is 29.0 Å². The quantitative estimate of drug-likeness (QED) is 0.181. The van der Waals surface area contributed by atoms with Crippen molar-refractivity contribution in [1.29, 1.82) is 0 Å². The van der Waals surface area contributed by atoms with Crippen molar-refractivity contribution < 1.29 is 0 Å². The summed E-state index contributed by atoms with van der Waals surface area (Å²) in [4.78, 5) is 12.9. The van der Waals surface area contributed by atoms with Crippen LogP contribution in [0.25, 0.3) is 55.8 Å². The molecule has 0 unspecified atom stereocenters. The third-order valence-electron chi connectivity index (χ3n) is 10.1. The molecule has 3 nitrogen and oxygen atoms in total. The van der Waals surface area contributed by atoms with E-state index in [1.54, 1.807) is 0 Å². The Morgan fingerprint density at radius 1 is 0.440 bits per heavy atom. The van der Waals surface area contributed by atoms with E-state index < -0.39 is 0 Å². The molecule has 7 aromatic carbocycles. The van der Waals surface area contributed by atoms with Crippen molar-refractivity contribution in [1.82, 2.24) is 9.97 Å². The molecule has 0 aliphatic heterocycles. The Balaban J connectivity index is 1.30. The fourth-order valence-corrected chi connectivity index (χ4v) is 7.63. The minimum atomic E-state index is -0.129. The molecule has 0 saturated heterocycles. The summed E-state index contributed by atoms with van der Waals surface area (Å²) in [7, 11) is 0. The maximum Gasteiger partial charge on any atom is 0.162 e. The van der Waals surface area contributed by atoms with Crippen molar-refractivity contribution in [3.05, 3.63) is 187 Å². The largest absolute Gasteiger partial charge is 0.309 e. The standard InChI is InChI=1S/C47H35N3/c1-47(2)39-23-12-9-20-36(39)44-40(47)24-15-27-43(44)50(35-30-28-33(29-31-35)32-16-5-3-6-17-32)42-26-14-11-22-38(42)46-48-41-25-13-10-21-37(41)45(49-46)34-18-7-4-8-19-34/h3-31H,1-2H3. The fraction of sp³-hybridized carbons (Fsp3) is 0.0638. The fourth-order valence-electron chi connectivity index (χ4n) is 7.63. The molecular weight excluding hydrogens is 607 g/mol. The molecule has 0 saturated carbocycles. The first kappa shape index (κ1) is 29.8. The van der Waals surface area contributed by atoms with Crippen LogP contribution in [0.5, 0.6) is 0 Å². The minimum absolute atomic E-state index is 0.129. The van der Waals surface area contributed by atoms with E-state index in [1.807, 2.05) is 12.1 Å². The van der Waals surface area contributed by atoms with Crippen molar-refractivity contribution in [2.24, 2.45) is 0 Å². The number of hydrogen-bond donors (Lipinski definition) is 0. The average Bonchev–Trinajstić information content (AvgIpc) is 3.42. The Bertz CT molecular complexity index is 2500. The summed E-state index contributed by atoms with van der Waals surface area (Å²) in [5, 5.41) is 1.04. The molecule has 1 aromatic heterocycles. The van der Waals surface area contributed by atoms with Gasteiger partial charge in [-0.3, -0.25) is 0 Å². The van der Waals surface area contributed by atoms with Crippen LogP contribution in [0.15, 0.2) is 176 Å². The van der Waals surface area contributed by atoms with E-state index in [9.17, 15) is 0 Å². The Labute approximate surface area is 293 Å². The molecule has 9 rings (SSSR count). The van der Waals surface area contributed by atoms with Gasteiger partial charge in [0.15, 0.2) is 5.82 Å². The van der Waals surface area contributed by atoms with Crippen LogP contribution in [0.2, 0.25) is 0 Å². The molecule has 0 bridgehead atoms. The van der Waals surface area contributed by atoms with Crippen LogP contribution in [-0.2, 0) is 5.41 Å². The summed E-state index contributed by atoms with van der Waals surface area (Å²) in [5.41, 5.74) is 14.5. The monoisotopic (exact) mass is 641 g/mol. The highest BCUT2D eigenvalue weighted by atomic mass is 15.2. The van der Waals surface area contributed by atoms with Gasteiger partial charge >= 0.3 is 0 Å². The van der Waals surface area contributed by atoms with Crippen LogP contribution >= 0.6 is 0 Å². The highest BCUT2D eigenvalue weighted by Gasteiger charge is 2.38. The first-order valence-electron chi connectivity index (χ1n) is 17.2. The zero-order chi connectivity index (χ0) is 33.7. The molecule has 238 valence electrons. The lowest BCUT2D eigenvalue weighted by Crippen LogP contribution is -2.16. The predicted octanol–water partition coefficient (Wildman–Crippen LogP) is 12.4. The second-order valence-electron chi connectivity index (χ2n) is 13.4. The van der Waals surface area contributed by atoms with E-state index in [0.717, 1.165) is 44.8 Å². The number of hydrogen-bond acceptors (Lipinski definition) is 3. The van der Waals surface area contributed by atoms with Gasteiger partial charge in [-0.1, -0.05) is 153 Å². The van der Waals surface area contributed by atoms with Gasteiger partial charge in [-0.2, -0.15) is 0 Å². The summed E-state index contributed by atoms with van der Waals surface area (Å²) in [6.07, 6.45) is 0. The number of nitrogens with zero attached hydrogens (tertiary/aromatic N) is 3. The number of aromatic nitrogens is 2. The first-order valence-corrected chi connectivity index (χ1v) is 17.2. The highest BCUT2D eigenvalue weighted by Crippen LogP contribution is 2.54. The molecule has 0 amide bonds. The maximum atomic E-state index is 5.32. The van der Waals surface area contributed by atoms with Crippen LogP contribution in [0.3, 0.4) is 0 Å². The van der Waals surface area contributed by atoms with E-state index in [-0.39, 0.29) is 5.41 Å². The van der Waals surface area contributed by atoms with Crippen LogP contribution in [0.1, 0.15) is 25.0 Å². The zero-order valence-electron chi connectivity index (χ0n) is 28.1. The third-order valence-corrected chi connectivity index (χ3v) is 10.1. The van der Waals surface area contributed by atoms with Gasteiger partial charge in [-0.05, 0) is 64.2 Å². The Morgan fingerprint density at radius 3 is 1.80 bits per heavy atom. The van der Waals surface area contributed by atoms with Crippen LogP contribution in [0.4, 0.5) is 17.1 Å². The lowest BCUT2D eigenvalue weighted by Gasteiger charge is -2.30. The molecule has 8 aromatic rings. The normalized spacial score (nSPS) is 12.8. The number of rotatable bonds is 6. The average molecular weight is 642 g/mol. The maximum absolute atomic E-state index is 5.32. The van der Waals surface area contributed by atoms with Gasteiger partial charge in [0.2, 0.25) is 0 Å². The van der Waals surface area contributed by atoms with Gasteiger partial charge in [0, 0.05) is 33.2 Å². The zero-order valence-corrected chi connectivity index (χ0v) is 28.1. The van der Waals surface area contributed by atoms with E-state index in [4.69, 9.17) is 9.97 Å². The van der Waals surface area contributed by atoms with Crippen molar-refractivity contribution in [2.75, 3.05) is 4.90 Å².